The molecule has 0 saturated heterocycles. The van der Waals surface area contributed by atoms with Crippen molar-refractivity contribution in [3.63, 3.8) is 0 Å². The number of nitrogens with one attached hydrogen (secondary N) is 2. The van der Waals surface area contributed by atoms with Gasteiger partial charge in [0.2, 0.25) is 11.9 Å². The molecule has 1 aromatic rings. The molecular formula is C11H21N5O2S. The van der Waals surface area contributed by atoms with Gasteiger partial charge >= 0.3 is 6.01 Å². The number of aliphatic hydroxyl groups excluding tert-OH is 1. The van der Waals surface area contributed by atoms with Gasteiger partial charge in [-0.3, -0.25) is 0 Å². The van der Waals surface area contributed by atoms with Gasteiger partial charge < -0.3 is 20.5 Å². The minimum absolute atomic E-state index is 0.0292. The van der Waals surface area contributed by atoms with Gasteiger partial charge in [-0.1, -0.05) is 0 Å². The van der Waals surface area contributed by atoms with Crippen molar-refractivity contribution in [2.75, 3.05) is 37.2 Å². The molecule has 1 aromatic heterocycles. The summed E-state index contributed by atoms with van der Waals surface area (Å²) in [6.45, 7) is 4.43. The summed E-state index contributed by atoms with van der Waals surface area (Å²) in [5, 5.41) is 15.4. The van der Waals surface area contributed by atoms with Crippen LogP contribution in [0.1, 0.15) is 13.8 Å². The van der Waals surface area contributed by atoms with E-state index < -0.39 is 0 Å². The zero-order valence-electron chi connectivity index (χ0n) is 11.7. The molecule has 0 aliphatic heterocycles. The lowest BCUT2D eigenvalue weighted by molar-refractivity contribution is 0.288. The molecule has 0 bridgehead atoms. The topological polar surface area (TPSA) is 92.2 Å². The lowest BCUT2D eigenvalue weighted by Gasteiger charge is -2.21. The van der Waals surface area contributed by atoms with Crippen molar-refractivity contribution in [1.29, 1.82) is 0 Å². The number of anilines is 2. The maximum absolute atomic E-state index is 9.26. The molecule has 0 saturated carbocycles. The van der Waals surface area contributed by atoms with Crippen LogP contribution in [0.15, 0.2) is 0 Å². The predicted octanol–water partition coefficient (Wildman–Crippen LogP) is 0.836. The largest absolute Gasteiger partial charge is 0.464 e. The Morgan fingerprint density at radius 1 is 1.32 bits per heavy atom. The van der Waals surface area contributed by atoms with Gasteiger partial charge in [-0.05, 0) is 20.1 Å². The van der Waals surface area contributed by atoms with E-state index in [0.717, 1.165) is 0 Å². The molecule has 7 nitrogen and oxygen atoms in total. The van der Waals surface area contributed by atoms with Gasteiger partial charge in [0.05, 0.1) is 13.2 Å². The van der Waals surface area contributed by atoms with Crippen LogP contribution in [0.5, 0.6) is 6.01 Å². The zero-order valence-corrected chi connectivity index (χ0v) is 12.5. The molecule has 0 aromatic carbocycles. The SMILES string of the molecule is CCOc1nc(NC)nc(NC(C)C(CO)SC)n1. The van der Waals surface area contributed by atoms with Crippen LogP contribution in [0.3, 0.4) is 0 Å². The van der Waals surface area contributed by atoms with Crippen molar-refractivity contribution in [1.82, 2.24) is 15.0 Å². The Kier molecular flexibility index (Phi) is 6.65. The van der Waals surface area contributed by atoms with Crippen molar-refractivity contribution in [3.05, 3.63) is 0 Å². The maximum atomic E-state index is 9.26. The molecule has 0 radical (unpaired) electrons. The van der Waals surface area contributed by atoms with E-state index in [1.807, 2.05) is 20.1 Å². The number of hydrogen-bond acceptors (Lipinski definition) is 8. The van der Waals surface area contributed by atoms with Crippen molar-refractivity contribution >= 4 is 23.7 Å². The number of thioether (sulfide) groups is 1. The second-order valence-corrected chi connectivity index (χ2v) is 4.91. The zero-order chi connectivity index (χ0) is 14.3. The molecule has 0 fully saturated rings. The van der Waals surface area contributed by atoms with E-state index in [1.165, 1.54) is 0 Å². The molecule has 0 spiro atoms. The summed E-state index contributed by atoms with van der Waals surface area (Å²) in [4.78, 5) is 12.5. The Morgan fingerprint density at radius 2 is 2.00 bits per heavy atom. The second-order valence-electron chi connectivity index (χ2n) is 3.84. The molecule has 108 valence electrons. The summed E-state index contributed by atoms with van der Waals surface area (Å²) in [6, 6.07) is 0.308. The maximum Gasteiger partial charge on any atom is 0.323 e. The van der Waals surface area contributed by atoms with Crippen LogP contribution in [-0.4, -0.2) is 57.9 Å². The highest BCUT2D eigenvalue weighted by Crippen LogP contribution is 2.16. The lowest BCUT2D eigenvalue weighted by atomic mass is 10.2. The van der Waals surface area contributed by atoms with Crippen LogP contribution in [0.25, 0.3) is 0 Å². The molecule has 2 atom stereocenters. The van der Waals surface area contributed by atoms with E-state index in [-0.39, 0.29) is 23.9 Å². The number of ether oxygens (including phenoxy) is 1. The Hall–Kier alpha value is -1.28. The fraction of sp³-hybridized carbons (Fsp3) is 0.727. The fourth-order valence-electron chi connectivity index (χ4n) is 1.46. The first-order chi connectivity index (χ1) is 9.14. The molecule has 8 heteroatoms. The van der Waals surface area contributed by atoms with Crippen LogP contribution >= 0.6 is 11.8 Å². The molecule has 19 heavy (non-hydrogen) atoms. The van der Waals surface area contributed by atoms with Gasteiger partial charge in [-0.25, -0.2) is 0 Å². The van der Waals surface area contributed by atoms with E-state index in [9.17, 15) is 5.11 Å². The minimum atomic E-state index is 0.0292. The molecule has 0 aliphatic carbocycles. The Morgan fingerprint density at radius 3 is 2.53 bits per heavy atom. The number of aliphatic hydroxyl groups is 1. The highest BCUT2D eigenvalue weighted by atomic mass is 32.2. The van der Waals surface area contributed by atoms with Crippen molar-refractivity contribution in [3.8, 4) is 6.01 Å². The first kappa shape index (κ1) is 15.8. The summed E-state index contributed by atoms with van der Waals surface area (Å²) in [5.74, 6) is 0.876. The van der Waals surface area contributed by atoms with Crippen LogP contribution < -0.4 is 15.4 Å². The highest BCUT2D eigenvalue weighted by Gasteiger charge is 2.17. The van der Waals surface area contributed by atoms with Crippen molar-refractivity contribution in [2.24, 2.45) is 0 Å². The Balaban J connectivity index is 2.84. The van der Waals surface area contributed by atoms with E-state index in [0.29, 0.717) is 18.5 Å². The minimum Gasteiger partial charge on any atom is -0.464 e. The van der Waals surface area contributed by atoms with Crippen LogP contribution in [0.4, 0.5) is 11.9 Å². The summed E-state index contributed by atoms with van der Waals surface area (Å²) < 4.78 is 5.29. The van der Waals surface area contributed by atoms with Gasteiger partial charge in [0.1, 0.15) is 0 Å². The normalized spacial score (nSPS) is 13.7. The van der Waals surface area contributed by atoms with E-state index >= 15 is 0 Å². The number of nitrogens with zero attached hydrogens (tertiary/aromatic N) is 3. The van der Waals surface area contributed by atoms with E-state index in [2.05, 4.69) is 25.6 Å². The summed E-state index contributed by atoms with van der Waals surface area (Å²) >= 11 is 1.59. The third-order valence-corrected chi connectivity index (χ3v) is 3.67. The molecule has 0 aliphatic rings. The molecule has 2 unspecified atom stereocenters. The third kappa shape index (κ3) is 4.71. The average molecular weight is 287 g/mol. The van der Waals surface area contributed by atoms with Gasteiger partial charge in [-0.15, -0.1) is 0 Å². The lowest BCUT2D eigenvalue weighted by Crippen LogP contribution is -2.31. The van der Waals surface area contributed by atoms with E-state index in [1.54, 1.807) is 18.8 Å². The van der Waals surface area contributed by atoms with Gasteiger partial charge in [0, 0.05) is 18.3 Å². The molecule has 1 heterocycles. The Labute approximate surface area is 117 Å². The van der Waals surface area contributed by atoms with E-state index in [4.69, 9.17) is 4.74 Å². The van der Waals surface area contributed by atoms with Crippen LogP contribution in [0, 0.1) is 0 Å². The summed E-state index contributed by atoms with van der Waals surface area (Å²) in [7, 11) is 1.73. The second kappa shape index (κ2) is 8.00. The molecule has 3 N–H and O–H groups in total. The summed E-state index contributed by atoms with van der Waals surface area (Å²) in [6.07, 6.45) is 1.96. The fourth-order valence-corrected chi connectivity index (χ4v) is 2.09. The van der Waals surface area contributed by atoms with Crippen molar-refractivity contribution in [2.45, 2.75) is 25.1 Å². The van der Waals surface area contributed by atoms with Gasteiger partial charge in [-0.2, -0.15) is 26.7 Å². The quantitative estimate of drug-likeness (QED) is 0.648. The number of hydrogen-bond donors (Lipinski definition) is 3. The van der Waals surface area contributed by atoms with Crippen molar-refractivity contribution < 1.29 is 9.84 Å². The number of rotatable bonds is 8. The Bertz CT molecular complexity index is 389. The first-order valence-corrected chi connectivity index (χ1v) is 7.40. The predicted molar refractivity (Wildman–Crippen MR) is 78.0 cm³/mol. The van der Waals surface area contributed by atoms with Gasteiger partial charge in [0.25, 0.3) is 0 Å². The highest BCUT2D eigenvalue weighted by molar-refractivity contribution is 7.99. The van der Waals surface area contributed by atoms with Gasteiger partial charge in [0.15, 0.2) is 0 Å². The third-order valence-electron chi connectivity index (χ3n) is 2.51. The molecular weight excluding hydrogens is 266 g/mol. The monoisotopic (exact) mass is 287 g/mol. The van der Waals surface area contributed by atoms with Crippen LogP contribution in [0.2, 0.25) is 0 Å². The van der Waals surface area contributed by atoms with Crippen LogP contribution in [-0.2, 0) is 0 Å². The molecule has 1 rings (SSSR count). The summed E-state index contributed by atoms with van der Waals surface area (Å²) in [5.41, 5.74) is 0. The number of aromatic nitrogens is 3. The standard InChI is InChI=1S/C11H21N5O2S/c1-5-18-11-15-9(12-3)14-10(16-11)13-7(2)8(6-17)19-4/h7-8,17H,5-6H2,1-4H3,(H2,12,13,14,15,16). The smallest absolute Gasteiger partial charge is 0.323 e. The first-order valence-electron chi connectivity index (χ1n) is 6.11. The average Bonchev–Trinajstić information content (AvgIpc) is 2.40. The molecule has 0 amide bonds.